The third-order valence-electron chi connectivity index (χ3n) is 6.06. The molecule has 0 spiro atoms. The summed E-state index contributed by atoms with van der Waals surface area (Å²) in [5, 5.41) is 10.3. The number of ether oxygens (including phenoxy) is 2. The van der Waals surface area contributed by atoms with Gasteiger partial charge in [-0.25, -0.2) is 9.59 Å². The molecule has 1 aliphatic carbocycles. The zero-order valence-electron chi connectivity index (χ0n) is 19.1. The minimum Gasteiger partial charge on any atom is -0.465 e. The maximum atomic E-state index is 12.3. The van der Waals surface area contributed by atoms with E-state index >= 15 is 0 Å². The van der Waals surface area contributed by atoms with Crippen LogP contribution in [-0.4, -0.2) is 42.5 Å². The lowest BCUT2D eigenvalue weighted by Gasteiger charge is -2.14. The van der Waals surface area contributed by atoms with Crippen LogP contribution in [0.1, 0.15) is 39.4 Å². The van der Waals surface area contributed by atoms with Crippen molar-refractivity contribution in [1.82, 2.24) is 15.5 Å². The highest BCUT2D eigenvalue weighted by molar-refractivity contribution is 6.03. The summed E-state index contributed by atoms with van der Waals surface area (Å²) in [6.07, 6.45) is 1.54. The van der Waals surface area contributed by atoms with Crippen molar-refractivity contribution in [3.05, 3.63) is 89.1 Å². The number of carbonyl (C=O) groups excluding carboxylic acids is 2. The van der Waals surface area contributed by atoms with Gasteiger partial charge in [-0.1, -0.05) is 60.4 Å². The number of esters is 1. The van der Waals surface area contributed by atoms with E-state index in [1.54, 1.807) is 12.3 Å². The Morgan fingerprint density at radius 2 is 1.77 bits per heavy atom. The van der Waals surface area contributed by atoms with Crippen LogP contribution in [0.2, 0.25) is 0 Å². The number of fused-ring (bicyclic) bond motifs is 4. The molecule has 5 rings (SSSR count). The fraction of sp³-hybridized carbons (Fsp3) is 0.179. The first-order valence-electron chi connectivity index (χ1n) is 11.3. The standard InChI is InChI=1S/C28H23N3O4/c1-34-27(32)23-14-18(15-26-24(23)16-30-31-26)8-6-7-13-29-28(33)35-17-25-21-11-4-2-9-19(21)20-10-3-5-12-22(20)25/h2-5,9-12,14-16,25H,7,13,17H2,1H3,(H,29,33)(H,30,31). The Hall–Kier alpha value is -4.57. The van der Waals surface area contributed by atoms with Crippen molar-refractivity contribution >= 4 is 23.0 Å². The SMILES string of the molecule is COC(=O)c1cc(C#CCCNC(=O)OCC2c3ccccc3-c3ccccc32)cc2[nH]ncc12. The van der Waals surface area contributed by atoms with Gasteiger partial charge < -0.3 is 14.8 Å². The molecule has 0 unspecified atom stereocenters. The van der Waals surface area contributed by atoms with Crippen molar-refractivity contribution in [2.75, 3.05) is 20.3 Å². The summed E-state index contributed by atoms with van der Waals surface area (Å²) in [6, 6.07) is 19.9. The lowest BCUT2D eigenvalue weighted by atomic mass is 9.98. The largest absolute Gasteiger partial charge is 0.465 e. The average molecular weight is 466 g/mol. The molecule has 7 heteroatoms. The van der Waals surface area contributed by atoms with Gasteiger partial charge in [0.15, 0.2) is 0 Å². The molecule has 2 N–H and O–H groups in total. The van der Waals surface area contributed by atoms with Gasteiger partial charge in [-0.05, 0) is 34.4 Å². The number of aromatic amines is 1. The third-order valence-corrected chi connectivity index (χ3v) is 6.06. The molecule has 7 nitrogen and oxygen atoms in total. The molecule has 35 heavy (non-hydrogen) atoms. The minimum absolute atomic E-state index is 0.0225. The molecule has 0 bridgehead atoms. The fourth-order valence-electron chi connectivity index (χ4n) is 4.44. The number of hydrogen-bond acceptors (Lipinski definition) is 5. The Morgan fingerprint density at radius 1 is 1.06 bits per heavy atom. The van der Waals surface area contributed by atoms with Gasteiger partial charge >= 0.3 is 12.1 Å². The molecule has 3 aromatic carbocycles. The molecule has 1 aliphatic rings. The van der Waals surface area contributed by atoms with Crippen LogP contribution in [-0.2, 0) is 9.47 Å². The zero-order valence-corrected chi connectivity index (χ0v) is 19.1. The molecule has 4 aromatic rings. The number of rotatable bonds is 5. The molecule has 0 aliphatic heterocycles. The lowest BCUT2D eigenvalue weighted by molar-refractivity contribution is 0.0603. The van der Waals surface area contributed by atoms with Gasteiger partial charge in [0.2, 0.25) is 0 Å². The number of amides is 1. The summed E-state index contributed by atoms with van der Waals surface area (Å²) in [4.78, 5) is 24.3. The number of alkyl carbamates (subject to hydrolysis) is 1. The van der Waals surface area contributed by atoms with Crippen LogP contribution < -0.4 is 5.32 Å². The molecule has 0 saturated carbocycles. The second-order valence-electron chi connectivity index (χ2n) is 8.15. The van der Waals surface area contributed by atoms with Crippen LogP contribution >= 0.6 is 0 Å². The molecular weight excluding hydrogens is 442 g/mol. The number of methoxy groups -OCH3 is 1. The molecular formula is C28H23N3O4. The Kier molecular flexibility index (Phi) is 6.18. The Morgan fingerprint density at radius 3 is 2.49 bits per heavy atom. The van der Waals surface area contributed by atoms with Gasteiger partial charge in [0.25, 0.3) is 0 Å². The number of hydrogen-bond donors (Lipinski definition) is 2. The smallest absolute Gasteiger partial charge is 0.407 e. The molecule has 1 amide bonds. The number of benzene rings is 3. The Bertz CT molecular complexity index is 1430. The second kappa shape index (κ2) is 9.74. The van der Waals surface area contributed by atoms with Crippen LogP contribution in [0, 0.1) is 11.8 Å². The van der Waals surface area contributed by atoms with Crippen molar-refractivity contribution < 1.29 is 19.1 Å². The minimum atomic E-state index is -0.472. The number of nitrogens with one attached hydrogen (secondary N) is 2. The van der Waals surface area contributed by atoms with E-state index < -0.39 is 12.1 Å². The molecule has 0 atom stereocenters. The van der Waals surface area contributed by atoms with E-state index in [9.17, 15) is 9.59 Å². The predicted molar refractivity (Wildman–Crippen MR) is 132 cm³/mol. The van der Waals surface area contributed by atoms with Crippen LogP contribution in [0.5, 0.6) is 0 Å². The monoisotopic (exact) mass is 465 g/mol. The molecule has 0 radical (unpaired) electrons. The zero-order chi connectivity index (χ0) is 24.2. The van der Waals surface area contributed by atoms with E-state index in [0.717, 1.165) is 0 Å². The van der Waals surface area contributed by atoms with E-state index in [-0.39, 0.29) is 12.5 Å². The number of nitrogens with zero attached hydrogens (tertiary/aromatic N) is 1. The first-order valence-corrected chi connectivity index (χ1v) is 11.3. The van der Waals surface area contributed by atoms with Crippen molar-refractivity contribution in [3.8, 4) is 23.0 Å². The van der Waals surface area contributed by atoms with Crippen LogP contribution in [0.4, 0.5) is 4.79 Å². The highest BCUT2D eigenvalue weighted by atomic mass is 16.5. The highest BCUT2D eigenvalue weighted by Gasteiger charge is 2.28. The van der Waals surface area contributed by atoms with Gasteiger partial charge in [-0.15, -0.1) is 0 Å². The van der Waals surface area contributed by atoms with Gasteiger partial charge in [0, 0.05) is 29.8 Å². The summed E-state index contributed by atoms with van der Waals surface area (Å²) < 4.78 is 10.4. The van der Waals surface area contributed by atoms with E-state index in [1.165, 1.54) is 29.4 Å². The number of carbonyl (C=O) groups is 2. The van der Waals surface area contributed by atoms with E-state index in [1.807, 2.05) is 30.3 Å². The summed E-state index contributed by atoms with van der Waals surface area (Å²) in [6.45, 7) is 0.617. The Labute approximate surface area is 202 Å². The molecule has 174 valence electrons. The van der Waals surface area contributed by atoms with Crippen LogP contribution in [0.3, 0.4) is 0 Å². The highest BCUT2D eigenvalue weighted by Crippen LogP contribution is 2.44. The quantitative estimate of drug-likeness (QED) is 0.255. The number of aromatic nitrogens is 2. The average Bonchev–Trinajstić information content (AvgIpc) is 3.49. The summed E-state index contributed by atoms with van der Waals surface area (Å²) in [5.41, 5.74) is 6.49. The van der Waals surface area contributed by atoms with Crippen molar-refractivity contribution in [1.29, 1.82) is 0 Å². The third kappa shape index (κ3) is 4.46. The van der Waals surface area contributed by atoms with E-state index in [0.29, 0.717) is 35.0 Å². The van der Waals surface area contributed by atoms with Crippen molar-refractivity contribution in [2.24, 2.45) is 0 Å². The lowest BCUT2D eigenvalue weighted by Crippen LogP contribution is -2.26. The van der Waals surface area contributed by atoms with Gasteiger partial charge in [-0.3, -0.25) is 5.10 Å². The summed E-state index contributed by atoms with van der Waals surface area (Å²) in [7, 11) is 1.33. The maximum Gasteiger partial charge on any atom is 0.407 e. The summed E-state index contributed by atoms with van der Waals surface area (Å²) >= 11 is 0. The summed E-state index contributed by atoms with van der Waals surface area (Å²) in [5.74, 6) is 5.61. The Balaban J connectivity index is 1.16. The van der Waals surface area contributed by atoms with Crippen LogP contribution in [0.15, 0.2) is 66.9 Å². The molecule has 0 fully saturated rings. The first kappa shape index (κ1) is 22.2. The van der Waals surface area contributed by atoms with Crippen molar-refractivity contribution in [2.45, 2.75) is 12.3 Å². The maximum absolute atomic E-state index is 12.3. The molecule has 0 saturated heterocycles. The van der Waals surface area contributed by atoms with E-state index in [4.69, 9.17) is 9.47 Å². The molecule has 1 heterocycles. The topological polar surface area (TPSA) is 93.3 Å². The van der Waals surface area contributed by atoms with Gasteiger partial charge in [-0.2, -0.15) is 5.10 Å². The normalized spacial score (nSPS) is 11.8. The van der Waals surface area contributed by atoms with Crippen LogP contribution in [0.25, 0.3) is 22.0 Å². The number of H-pyrrole nitrogens is 1. The van der Waals surface area contributed by atoms with E-state index in [2.05, 4.69) is 51.6 Å². The molecule has 1 aromatic heterocycles. The first-order chi connectivity index (χ1) is 17.2. The fourth-order valence-corrected chi connectivity index (χ4v) is 4.44. The predicted octanol–water partition coefficient (Wildman–Crippen LogP) is 4.63. The van der Waals surface area contributed by atoms with Gasteiger partial charge in [0.05, 0.1) is 24.4 Å². The second-order valence-corrected chi connectivity index (χ2v) is 8.15. The van der Waals surface area contributed by atoms with Gasteiger partial charge in [0.1, 0.15) is 6.61 Å². The van der Waals surface area contributed by atoms with Crippen molar-refractivity contribution in [3.63, 3.8) is 0 Å².